The molecule has 16 heavy (non-hydrogen) atoms. The van der Waals surface area contributed by atoms with Gasteiger partial charge in [-0.3, -0.25) is 9.59 Å². The molecule has 0 spiro atoms. The van der Waals surface area contributed by atoms with Gasteiger partial charge in [-0.15, -0.1) is 5.10 Å². The monoisotopic (exact) mass is 210 g/mol. The third-order valence-electron chi connectivity index (χ3n) is 2.60. The minimum absolute atomic E-state index is 0.145. The van der Waals surface area contributed by atoms with E-state index in [0.717, 1.165) is 0 Å². The zero-order valence-electron chi connectivity index (χ0n) is 8.18. The van der Waals surface area contributed by atoms with Crippen LogP contribution in [0.1, 0.15) is 32.0 Å². The van der Waals surface area contributed by atoms with Gasteiger partial charge in [0, 0.05) is 11.1 Å². The van der Waals surface area contributed by atoms with E-state index >= 15 is 0 Å². The first kappa shape index (κ1) is 8.91. The molecule has 0 aliphatic heterocycles. The third kappa shape index (κ3) is 1.04. The topological polar surface area (TPSA) is 59.9 Å². The first-order valence-corrected chi connectivity index (χ1v) is 4.79. The number of fused-ring (bicyclic) bond motifs is 2. The highest BCUT2D eigenvalue weighted by molar-refractivity contribution is 6.27. The standard InChI is InChI=1S/C12H6N2O2/c15-11-7-3-1-2-4-8(7)12(16)10-9(11)5-6-13-14-10/h1-6H. The summed E-state index contributed by atoms with van der Waals surface area (Å²) in [4.78, 5) is 24.0. The Hall–Kier alpha value is -2.36. The molecule has 0 saturated carbocycles. The van der Waals surface area contributed by atoms with Gasteiger partial charge in [0.05, 0.1) is 11.8 Å². The predicted octanol–water partition coefficient (Wildman–Crippen LogP) is 1.25. The summed E-state index contributed by atoms with van der Waals surface area (Å²) in [6, 6.07) is 8.28. The molecule has 76 valence electrons. The van der Waals surface area contributed by atoms with Crippen LogP contribution in [0.4, 0.5) is 0 Å². The van der Waals surface area contributed by atoms with Gasteiger partial charge in [-0.25, -0.2) is 0 Å². The lowest BCUT2D eigenvalue weighted by Crippen LogP contribution is -2.22. The first-order chi connectivity index (χ1) is 7.79. The van der Waals surface area contributed by atoms with Crippen molar-refractivity contribution in [3.8, 4) is 0 Å². The minimum atomic E-state index is -0.238. The number of hydrogen-bond donors (Lipinski definition) is 0. The molecule has 0 saturated heterocycles. The minimum Gasteiger partial charge on any atom is -0.288 e. The number of hydrogen-bond acceptors (Lipinski definition) is 4. The lowest BCUT2D eigenvalue weighted by molar-refractivity contribution is 0.0974. The van der Waals surface area contributed by atoms with Crippen molar-refractivity contribution in [1.29, 1.82) is 0 Å². The Labute approximate surface area is 90.9 Å². The second-order valence-electron chi connectivity index (χ2n) is 3.50. The molecular formula is C12H6N2O2. The van der Waals surface area contributed by atoms with Crippen molar-refractivity contribution in [3.05, 3.63) is 58.9 Å². The predicted molar refractivity (Wildman–Crippen MR) is 55.3 cm³/mol. The van der Waals surface area contributed by atoms with Crippen molar-refractivity contribution in [2.45, 2.75) is 0 Å². The molecule has 1 aromatic carbocycles. The van der Waals surface area contributed by atoms with Crippen molar-refractivity contribution in [1.82, 2.24) is 10.2 Å². The highest BCUT2D eigenvalue weighted by atomic mass is 16.1. The Bertz CT molecular complexity index is 514. The normalized spacial score (nSPS) is 13.2. The van der Waals surface area contributed by atoms with Crippen molar-refractivity contribution in [2.24, 2.45) is 0 Å². The highest BCUT2D eigenvalue weighted by Crippen LogP contribution is 2.24. The molecule has 1 aliphatic rings. The van der Waals surface area contributed by atoms with Crippen LogP contribution < -0.4 is 0 Å². The average molecular weight is 210 g/mol. The zero-order chi connectivity index (χ0) is 11.1. The van der Waals surface area contributed by atoms with E-state index in [2.05, 4.69) is 10.2 Å². The molecule has 4 nitrogen and oxygen atoms in total. The van der Waals surface area contributed by atoms with Gasteiger partial charge in [0.2, 0.25) is 5.78 Å². The van der Waals surface area contributed by atoms with E-state index in [1.807, 2.05) is 0 Å². The van der Waals surface area contributed by atoms with Crippen LogP contribution in [0.25, 0.3) is 0 Å². The lowest BCUT2D eigenvalue weighted by Gasteiger charge is -2.14. The Balaban J connectivity index is 2.35. The maximum absolute atomic E-state index is 12.0. The Morgan fingerprint density at radius 3 is 2.25 bits per heavy atom. The molecule has 1 heterocycles. The van der Waals surface area contributed by atoms with E-state index in [1.165, 1.54) is 12.3 Å². The van der Waals surface area contributed by atoms with Crippen LogP contribution in [-0.2, 0) is 0 Å². The number of benzene rings is 1. The van der Waals surface area contributed by atoms with Gasteiger partial charge in [0.1, 0.15) is 5.69 Å². The number of nitrogens with zero attached hydrogens (tertiary/aromatic N) is 2. The fraction of sp³-hybridized carbons (Fsp3) is 0. The van der Waals surface area contributed by atoms with E-state index in [9.17, 15) is 9.59 Å². The van der Waals surface area contributed by atoms with Crippen LogP contribution in [0.3, 0.4) is 0 Å². The van der Waals surface area contributed by atoms with Crippen molar-refractivity contribution in [3.63, 3.8) is 0 Å². The quantitative estimate of drug-likeness (QED) is 0.560. The number of carbonyl (C=O) groups is 2. The van der Waals surface area contributed by atoms with Gasteiger partial charge in [-0.1, -0.05) is 24.3 Å². The Morgan fingerprint density at radius 2 is 1.50 bits per heavy atom. The molecule has 0 N–H and O–H groups in total. The largest absolute Gasteiger partial charge is 0.288 e. The highest BCUT2D eigenvalue weighted by Gasteiger charge is 2.30. The Morgan fingerprint density at radius 1 is 0.812 bits per heavy atom. The van der Waals surface area contributed by atoms with Crippen molar-refractivity contribution in [2.75, 3.05) is 0 Å². The number of rotatable bonds is 0. The molecule has 0 bridgehead atoms. The lowest BCUT2D eigenvalue weighted by atomic mass is 9.87. The van der Waals surface area contributed by atoms with Crippen LogP contribution in [-0.4, -0.2) is 21.8 Å². The van der Waals surface area contributed by atoms with Crippen LogP contribution in [0.2, 0.25) is 0 Å². The molecule has 0 amide bonds. The summed E-state index contributed by atoms with van der Waals surface area (Å²) in [5.74, 6) is -0.404. The summed E-state index contributed by atoms with van der Waals surface area (Å²) in [6.07, 6.45) is 1.41. The second-order valence-corrected chi connectivity index (χ2v) is 3.50. The molecule has 0 atom stereocenters. The van der Waals surface area contributed by atoms with E-state index in [1.54, 1.807) is 24.3 Å². The van der Waals surface area contributed by atoms with Gasteiger partial charge in [0.15, 0.2) is 5.78 Å². The summed E-state index contributed by atoms with van der Waals surface area (Å²) < 4.78 is 0. The molecule has 1 aliphatic carbocycles. The summed E-state index contributed by atoms with van der Waals surface area (Å²) in [7, 11) is 0. The maximum Gasteiger partial charge on any atom is 0.214 e. The molecule has 0 unspecified atom stereocenters. The van der Waals surface area contributed by atoms with Crippen LogP contribution in [0, 0.1) is 0 Å². The molecule has 0 fully saturated rings. The number of carbonyl (C=O) groups excluding carboxylic acids is 2. The molecule has 0 radical (unpaired) electrons. The molecular weight excluding hydrogens is 204 g/mol. The van der Waals surface area contributed by atoms with Crippen LogP contribution in [0.15, 0.2) is 36.5 Å². The molecule has 1 aromatic heterocycles. The van der Waals surface area contributed by atoms with Gasteiger partial charge >= 0.3 is 0 Å². The van der Waals surface area contributed by atoms with Gasteiger partial charge in [0.25, 0.3) is 0 Å². The first-order valence-electron chi connectivity index (χ1n) is 4.79. The van der Waals surface area contributed by atoms with E-state index in [-0.39, 0.29) is 17.3 Å². The smallest absolute Gasteiger partial charge is 0.214 e. The summed E-state index contributed by atoms with van der Waals surface area (Å²) in [6.45, 7) is 0. The fourth-order valence-corrected chi connectivity index (χ4v) is 1.83. The van der Waals surface area contributed by atoms with E-state index in [4.69, 9.17) is 0 Å². The number of aromatic nitrogens is 2. The molecule has 4 heteroatoms. The van der Waals surface area contributed by atoms with Crippen molar-refractivity contribution < 1.29 is 9.59 Å². The van der Waals surface area contributed by atoms with E-state index in [0.29, 0.717) is 16.7 Å². The van der Waals surface area contributed by atoms with Gasteiger partial charge in [-0.2, -0.15) is 5.10 Å². The SMILES string of the molecule is O=C1c2ccccc2C(=O)c2nnccc21. The third-order valence-corrected chi connectivity index (χ3v) is 2.60. The van der Waals surface area contributed by atoms with E-state index < -0.39 is 0 Å². The summed E-state index contributed by atoms with van der Waals surface area (Å²) in [5.41, 5.74) is 1.32. The Kier molecular flexibility index (Phi) is 1.71. The zero-order valence-corrected chi connectivity index (χ0v) is 8.18. The number of ketones is 2. The van der Waals surface area contributed by atoms with Crippen LogP contribution >= 0.6 is 0 Å². The summed E-state index contributed by atoms with van der Waals surface area (Å²) in [5, 5.41) is 7.36. The maximum atomic E-state index is 12.0. The molecule has 3 rings (SSSR count). The average Bonchev–Trinajstić information content (AvgIpc) is 2.36. The van der Waals surface area contributed by atoms with Gasteiger partial charge < -0.3 is 0 Å². The second kappa shape index (κ2) is 3.06. The molecule has 2 aromatic rings. The summed E-state index contributed by atoms with van der Waals surface area (Å²) >= 11 is 0. The van der Waals surface area contributed by atoms with Gasteiger partial charge in [-0.05, 0) is 6.07 Å². The van der Waals surface area contributed by atoms with Crippen molar-refractivity contribution >= 4 is 11.6 Å². The van der Waals surface area contributed by atoms with Crippen LogP contribution in [0.5, 0.6) is 0 Å². The fourth-order valence-electron chi connectivity index (χ4n) is 1.83.